The van der Waals surface area contributed by atoms with Crippen molar-refractivity contribution in [2.45, 2.75) is 142 Å². The van der Waals surface area contributed by atoms with Crippen LogP contribution < -0.4 is 0 Å². The van der Waals surface area contributed by atoms with Gasteiger partial charge in [0.2, 0.25) is 0 Å². The van der Waals surface area contributed by atoms with E-state index >= 15 is 0 Å². The largest absolute Gasteiger partial charge is 0.481 e. The maximum atomic E-state index is 11.4. The molecule has 0 bridgehead atoms. The topological polar surface area (TPSA) is 74.6 Å². The highest BCUT2D eigenvalue weighted by molar-refractivity contribution is 5.69. The molecule has 0 saturated heterocycles. The van der Waals surface area contributed by atoms with Crippen molar-refractivity contribution in [3.63, 3.8) is 0 Å². The van der Waals surface area contributed by atoms with Crippen LogP contribution in [0.4, 0.5) is 0 Å². The first kappa shape index (κ1) is 28.9. The van der Waals surface area contributed by atoms with Gasteiger partial charge in [0.05, 0.1) is 5.92 Å². The molecule has 0 radical (unpaired) electrons. The fourth-order valence-electron chi connectivity index (χ4n) is 4.12. The lowest BCUT2D eigenvalue weighted by Gasteiger charge is -2.12. The van der Waals surface area contributed by atoms with E-state index in [4.69, 9.17) is 5.11 Å². The predicted molar refractivity (Wildman–Crippen MR) is 126 cm³/mol. The summed E-state index contributed by atoms with van der Waals surface area (Å²) < 4.78 is 0. The van der Waals surface area contributed by atoms with Crippen LogP contribution in [0.25, 0.3) is 0 Å². The second kappa shape index (κ2) is 21.2. The molecule has 0 saturated carbocycles. The molecule has 0 rings (SSSR count). The number of aliphatic carboxylic acids is 2. The van der Waals surface area contributed by atoms with Crippen molar-refractivity contribution in [1.29, 1.82) is 0 Å². The third kappa shape index (κ3) is 21.6. The minimum absolute atomic E-state index is 0.191. The molecule has 0 heterocycles. The summed E-state index contributed by atoms with van der Waals surface area (Å²) in [5, 5.41) is 18.0. The summed E-state index contributed by atoms with van der Waals surface area (Å²) >= 11 is 0. The molecule has 4 nitrogen and oxygen atoms in total. The van der Waals surface area contributed by atoms with Crippen molar-refractivity contribution in [3.8, 4) is 0 Å². The normalized spacial score (nSPS) is 12.4. The fourth-order valence-corrected chi connectivity index (χ4v) is 4.12. The Morgan fingerprint density at radius 2 is 0.867 bits per heavy atom. The lowest BCUT2D eigenvalue weighted by molar-refractivity contribution is -0.142. The molecule has 0 aliphatic heterocycles. The van der Waals surface area contributed by atoms with Crippen molar-refractivity contribution in [2.24, 2.45) is 11.8 Å². The summed E-state index contributed by atoms with van der Waals surface area (Å²) in [5.41, 5.74) is 0. The van der Waals surface area contributed by atoms with Gasteiger partial charge in [-0.15, -0.1) is 0 Å². The molecular weight excluding hydrogens is 376 g/mol. The molecule has 1 unspecified atom stereocenters. The van der Waals surface area contributed by atoms with Gasteiger partial charge >= 0.3 is 11.9 Å². The standard InChI is InChI=1S/C26H50O4/c1-23(2)19-15-12-10-8-6-4-3-5-7-9-11-13-16-20-24(26(29)30)21-17-14-18-22-25(27)28/h23-24H,3-22H2,1-2H3,(H,27,28)(H,29,30). The molecule has 0 aliphatic rings. The van der Waals surface area contributed by atoms with E-state index in [0.717, 1.165) is 38.0 Å². The van der Waals surface area contributed by atoms with Crippen LogP contribution in [0.1, 0.15) is 142 Å². The van der Waals surface area contributed by atoms with Crippen LogP contribution in [-0.4, -0.2) is 22.2 Å². The molecule has 0 spiro atoms. The molecule has 30 heavy (non-hydrogen) atoms. The minimum atomic E-state index is -0.766. The molecule has 178 valence electrons. The Morgan fingerprint density at radius 1 is 0.533 bits per heavy atom. The SMILES string of the molecule is CC(C)CCCCCCCCCCCCCCCC(CCCCCC(=O)O)C(=O)O. The van der Waals surface area contributed by atoms with E-state index in [2.05, 4.69) is 13.8 Å². The molecule has 2 N–H and O–H groups in total. The van der Waals surface area contributed by atoms with Gasteiger partial charge in [-0.25, -0.2) is 0 Å². The number of hydrogen-bond acceptors (Lipinski definition) is 2. The van der Waals surface area contributed by atoms with Gasteiger partial charge in [-0.1, -0.05) is 117 Å². The van der Waals surface area contributed by atoms with E-state index in [-0.39, 0.29) is 12.3 Å². The van der Waals surface area contributed by atoms with E-state index in [1.807, 2.05) is 0 Å². The monoisotopic (exact) mass is 426 g/mol. The third-order valence-corrected chi connectivity index (χ3v) is 6.13. The third-order valence-electron chi connectivity index (χ3n) is 6.13. The van der Waals surface area contributed by atoms with Gasteiger partial charge in [-0.05, 0) is 25.2 Å². The van der Waals surface area contributed by atoms with Gasteiger partial charge in [-0.2, -0.15) is 0 Å². The maximum Gasteiger partial charge on any atom is 0.306 e. The second-order valence-corrected chi connectivity index (χ2v) is 9.60. The Hall–Kier alpha value is -1.06. The Labute approximate surface area is 186 Å². The Kier molecular flexibility index (Phi) is 20.4. The van der Waals surface area contributed by atoms with E-state index in [1.54, 1.807) is 0 Å². The summed E-state index contributed by atoms with van der Waals surface area (Å²) in [5.74, 6) is -0.851. The van der Waals surface area contributed by atoms with Crippen LogP contribution in [0.5, 0.6) is 0 Å². The van der Waals surface area contributed by atoms with Gasteiger partial charge in [0.1, 0.15) is 0 Å². The van der Waals surface area contributed by atoms with Gasteiger partial charge in [0.25, 0.3) is 0 Å². The first-order valence-electron chi connectivity index (χ1n) is 12.9. The summed E-state index contributed by atoms with van der Waals surface area (Å²) in [6.07, 6.45) is 22.4. The van der Waals surface area contributed by atoms with E-state index < -0.39 is 11.9 Å². The Balaban J connectivity index is 3.39. The molecular formula is C26H50O4. The van der Waals surface area contributed by atoms with Crippen LogP contribution in [0, 0.1) is 11.8 Å². The number of rotatable bonds is 23. The molecule has 0 amide bonds. The number of carbonyl (C=O) groups is 2. The number of carboxylic acids is 2. The summed E-state index contributed by atoms with van der Waals surface area (Å²) in [6.45, 7) is 4.62. The highest BCUT2D eigenvalue weighted by atomic mass is 16.4. The predicted octanol–water partition coefficient (Wildman–Crippen LogP) is 8.23. The smallest absolute Gasteiger partial charge is 0.306 e. The molecule has 0 aliphatic carbocycles. The van der Waals surface area contributed by atoms with Crippen molar-refractivity contribution in [1.82, 2.24) is 0 Å². The Bertz CT molecular complexity index is 406. The minimum Gasteiger partial charge on any atom is -0.481 e. The quantitative estimate of drug-likeness (QED) is 0.161. The number of unbranched alkanes of at least 4 members (excludes halogenated alkanes) is 14. The molecule has 1 atom stereocenters. The van der Waals surface area contributed by atoms with Gasteiger partial charge in [0.15, 0.2) is 0 Å². The van der Waals surface area contributed by atoms with Crippen LogP contribution >= 0.6 is 0 Å². The van der Waals surface area contributed by atoms with Crippen molar-refractivity contribution < 1.29 is 19.8 Å². The lowest BCUT2D eigenvalue weighted by atomic mass is 9.94. The van der Waals surface area contributed by atoms with Crippen molar-refractivity contribution in [3.05, 3.63) is 0 Å². The first-order valence-corrected chi connectivity index (χ1v) is 12.9. The average Bonchev–Trinajstić information content (AvgIpc) is 2.68. The zero-order chi connectivity index (χ0) is 22.5. The lowest BCUT2D eigenvalue weighted by Crippen LogP contribution is -2.13. The van der Waals surface area contributed by atoms with E-state index in [9.17, 15) is 14.7 Å². The Morgan fingerprint density at radius 3 is 1.20 bits per heavy atom. The van der Waals surface area contributed by atoms with Crippen molar-refractivity contribution >= 4 is 11.9 Å². The highest BCUT2D eigenvalue weighted by Gasteiger charge is 2.16. The van der Waals surface area contributed by atoms with Gasteiger partial charge in [0, 0.05) is 6.42 Å². The average molecular weight is 427 g/mol. The van der Waals surface area contributed by atoms with Crippen LogP contribution in [0.3, 0.4) is 0 Å². The molecule has 0 aromatic rings. The molecule has 0 aromatic heterocycles. The number of hydrogen-bond donors (Lipinski definition) is 2. The number of carboxylic acid groups (broad SMARTS) is 2. The van der Waals surface area contributed by atoms with Gasteiger partial charge < -0.3 is 10.2 Å². The van der Waals surface area contributed by atoms with Gasteiger partial charge in [-0.3, -0.25) is 9.59 Å². The summed E-state index contributed by atoms with van der Waals surface area (Å²) in [7, 11) is 0. The summed E-state index contributed by atoms with van der Waals surface area (Å²) in [4.78, 5) is 21.9. The van der Waals surface area contributed by atoms with Crippen LogP contribution in [0.2, 0.25) is 0 Å². The molecule has 0 aromatic carbocycles. The molecule has 0 fully saturated rings. The van der Waals surface area contributed by atoms with E-state index in [0.29, 0.717) is 12.8 Å². The zero-order valence-electron chi connectivity index (χ0n) is 20.0. The second-order valence-electron chi connectivity index (χ2n) is 9.60. The first-order chi connectivity index (χ1) is 14.4. The molecule has 4 heteroatoms. The van der Waals surface area contributed by atoms with Crippen LogP contribution in [0.15, 0.2) is 0 Å². The summed E-state index contributed by atoms with van der Waals surface area (Å²) in [6, 6.07) is 0. The van der Waals surface area contributed by atoms with Crippen molar-refractivity contribution in [2.75, 3.05) is 0 Å². The zero-order valence-corrected chi connectivity index (χ0v) is 20.0. The fraction of sp³-hybridized carbons (Fsp3) is 0.923. The maximum absolute atomic E-state index is 11.4. The highest BCUT2D eigenvalue weighted by Crippen LogP contribution is 2.19. The van der Waals surface area contributed by atoms with E-state index in [1.165, 1.54) is 77.0 Å². The van der Waals surface area contributed by atoms with Crippen LogP contribution in [-0.2, 0) is 9.59 Å².